The molecule has 0 bridgehead atoms. The molecular formula is C52H94N4O4S2Si4. The first-order valence-electron chi connectivity index (χ1n) is 24.5. The van der Waals surface area contributed by atoms with Gasteiger partial charge in [0.25, 0.3) is 0 Å². The van der Waals surface area contributed by atoms with Crippen LogP contribution in [0.5, 0.6) is 0 Å². The zero-order valence-corrected chi connectivity index (χ0v) is 52.6. The Morgan fingerprint density at radius 2 is 0.561 bits per heavy atom. The molecule has 1 aromatic carbocycles. The van der Waals surface area contributed by atoms with Gasteiger partial charge in [0.15, 0.2) is 0 Å². The molecule has 14 heteroatoms. The van der Waals surface area contributed by atoms with Crippen LogP contribution in [0.25, 0.3) is 20.9 Å². The topological polar surface area (TPSA) is 49.9 Å². The lowest BCUT2D eigenvalue weighted by Crippen LogP contribution is -2.58. The van der Waals surface area contributed by atoms with E-state index in [1.807, 2.05) is 22.7 Å². The first kappa shape index (κ1) is 56.1. The molecule has 0 saturated carbocycles. The number of benzene rings is 1. The van der Waals surface area contributed by atoms with Crippen molar-refractivity contribution >= 4 is 55.9 Å². The van der Waals surface area contributed by atoms with Crippen LogP contribution in [0.4, 0.5) is 0 Å². The number of hydroxylamine groups is 8. The van der Waals surface area contributed by atoms with E-state index in [4.69, 9.17) is 18.1 Å². The number of rotatable bonds is 12. The lowest BCUT2D eigenvalue weighted by Gasteiger charge is -2.46. The third kappa shape index (κ3) is 9.88. The summed E-state index contributed by atoms with van der Waals surface area (Å²) in [7, 11) is -8.95. The number of thiophene rings is 2. The van der Waals surface area contributed by atoms with Gasteiger partial charge in [-0.2, -0.15) is 20.3 Å². The summed E-state index contributed by atoms with van der Waals surface area (Å²) in [5, 5.41) is 9.47. The van der Waals surface area contributed by atoms with Crippen LogP contribution >= 0.6 is 22.7 Å². The third-order valence-electron chi connectivity index (χ3n) is 17.8. The van der Waals surface area contributed by atoms with Gasteiger partial charge in [0.05, 0.1) is 22.2 Å². The van der Waals surface area contributed by atoms with Gasteiger partial charge in [-0.25, -0.2) is 0 Å². The molecule has 8 nitrogen and oxygen atoms in total. The summed E-state index contributed by atoms with van der Waals surface area (Å²) in [6.07, 6.45) is -0.404. The molecule has 2 saturated heterocycles. The highest BCUT2D eigenvalue weighted by atomic mass is 32.1. The number of hydrogen-bond donors (Lipinski definition) is 0. The quantitative estimate of drug-likeness (QED) is 0.166. The third-order valence-corrected chi connectivity index (χ3v) is 37.2. The summed E-state index contributed by atoms with van der Waals surface area (Å²) in [6.45, 7) is 65.4. The van der Waals surface area contributed by atoms with Crippen molar-refractivity contribution in [1.82, 2.24) is 20.3 Å². The van der Waals surface area contributed by atoms with Gasteiger partial charge in [0.2, 0.25) is 33.3 Å². The number of nitrogens with zero attached hydrogens (tertiary/aromatic N) is 4. The molecule has 0 spiro atoms. The minimum atomic E-state index is -2.24. The second-order valence-corrected chi connectivity index (χ2v) is 48.7. The van der Waals surface area contributed by atoms with Gasteiger partial charge < -0.3 is 18.1 Å². The average Bonchev–Trinajstić information content (AvgIpc) is 3.86. The smallest absolute Gasteiger partial charge is 0.220 e. The maximum absolute atomic E-state index is 7.40. The standard InChI is InChI=1S/C52H94N4O4S2Si4/c1-45(2,3)63(21,22)57-53-43(54(50(15,16)49(53,13)14)58-64(23,24)46(4,5)6)41-35-33-39(61-41)37-29-31-38(32-30-37)40-34-36-42(62-40)44-55(59-65(25,26)47(7,8)9)51(17,18)52(19,20)56(44)60-66(27,28)48(10,11)12/h29-36,43-44H,1-28H3. The van der Waals surface area contributed by atoms with Gasteiger partial charge in [0.1, 0.15) is 12.3 Å². The molecule has 374 valence electrons. The van der Waals surface area contributed by atoms with Crippen LogP contribution in [-0.4, -0.2) is 75.7 Å². The Morgan fingerprint density at radius 1 is 0.364 bits per heavy atom. The molecule has 4 heterocycles. The lowest BCUT2D eigenvalue weighted by molar-refractivity contribution is -0.203. The van der Waals surface area contributed by atoms with Crippen molar-refractivity contribution in [3.8, 4) is 20.9 Å². The van der Waals surface area contributed by atoms with Gasteiger partial charge in [-0.1, -0.05) is 107 Å². The van der Waals surface area contributed by atoms with Gasteiger partial charge >= 0.3 is 0 Å². The van der Waals surface area contributed by atoms with Crippen LogP contribution in [0.3, 0.4) is 0 Å². The first-order chi connectivity index (χ1) is 29.3. The highest BCUT2D eigenvalue weighted by Crippen LogP contribution is 2.58. The van der Waals surface area contributed by atoms with Crippen LogP contribution < -0.4 is 0 Å². The molecule has 0 amide bonds. The second kappa shape index (κ2) is 17.4. The van der Waals surface area contributed by atoms with Gasteiger partial charge in [-0.15, -0.1) is 22.7 Å². The summed E-state index contributed by atoms with van der Waals surface area (Å²) < 4.78 is 29.6. The lowest BCUT2D eigenvalue weighted by atomic mass is 9.84. The summed E-state index contributed by atoms with van der Waals surface area (Å²) in [4.78, 5) is 4.92. The molecule has 66 heavy (non-hydrogen) atoms. The van der Waals surface area contributed by atoms with Crippen molar-refractivity contribution in [3.05, 3.63) is 58.3 Å². The molecule has 0 atom stereocenters. The molecular weight excluding hydrogens is 921 g/mol. The SMILES string of the molecule is CC1(C)N(O[Si](C)(C)C(C)(C)C)C(c2ccc(-c3ccc(-c4ccc(C5N(O[Si](C)(C)C(C)(C)C)C(C)(C)C(C)(C)N5O[Si](C)(C)C(C)(C)C)s4)cc3)s2)N(O[Si](C)(C)C(C)(C)C)C1(C)C. The molecule has 0 N–H and O–H groups in total. The Kier molecular flexibility index (Phi) is 14.8. The van der Waals surface area contributed by atoms with Crippen molar-refractivity contribution < 1.29 is 18.1 Å². The molecule has 0 radical (unpaired) electrons. The summed E-state index contributed by atoms with van der Waals surface area (Å²) in [5.41, 5.74) is 0.997. The normalized spacial score (nSPS) is 21.4. The Balaban J connectivity index is 1.55. The van der Waals surface area contributed by atoms with Gasteiger partial charge in [0, 0.05) is 19.5 Å². The molecule has 0 aliphatic carbocycles. The van der Waals surface area contributed by atoms with E-state index in [-0.39, 0.29) is 54.6 Å². The Labute approximate surface area is 416 Å². The highest BCUT2D eigenvalue weighted by Gasteiger charge is 2.65. The fraction of sp³-hybridized carbons (Fsp3) is 0.731. The monoisotopic (exact) mass is 1010 g/mol. The molecule has 0 unspecified atom stereocenters. The molecule has 3 aromatic rings. The van der Waals surface area contributed by atoms with Gasteiger partial charge in [-0.3, -0.25) is 0 Å². The Morgan fingerprint density at radius 3 is 0.742 bits per heavy atom. The van der Waals surface area contributed by atoms with E-state index in [9.17, 15) is 0 Å². The van der Waals surface area contributed by atoms with Crippen molar-refractivity contribution in [1.29, 1.82) is 0 Å². The van der Waals surface area contributed by atoms with E-state index in [2.05, 4.69) is 260 Å². The second-order valence-electron chi connectivity index (χ2n) is 27.7. The van der Waals surface area contributed by atoms with E-state index in [1.165, 1.54) is 30.6 Å². The first-order valence-corrected chi connectivity index (χ1v) is 37.8. The van der Waals surface area contributed by atoms with E-state index in [0.717, 1.165) is 0 Å². The molecule has 2 fully saturated rings. The van der Waals surface area contributed by atoms with E-state index in [1.54, 1.807) is 0 Å². The van der Waals surface area contributed by atoms with E-state index in [0.29, 0.717) is 0 Å². The van der Waals surface area contributed by atoms with Crippen LogP contribution in [0.2, 0.25) is 72.5 Å². The fourth-order valence-electron chi connectivity index (χ4n) is 7.23. The van der Waals surface area contributed by atoms with Gasteiger partial charge in [-0.05, 0) is 163 Å². The van der Waals surface area contributed by atoms with E-state index >= 15 is 0 Å². The zero-order valence-electron chi connectivity index (χ0n) is 47.0. The molecule has 2 aromatic heterocycles. The van der Waals surface area contributed by atoms with Crippen LogP contribution in [0.1, 0.15) is 161 Å². The maximum atomic E-state index is 7.40. The minimum Gasteiger partial charge on any atom is -0.340 e. The average molecular weight is 1020 g/mol. The van der Waals surface area contributed by atoms with Crippen LogP contribution in [0.15, 0.2) is 48.5 Å². The molecule has 5 rings (SSSR count). The molecule has 2 aliphatic rings. The largest absolute Gasteiger partial charge is 0.340 e. The highest BCUT2D eigenvalue weighted by molar-refractivity contribution is 7.16. The zero-order chi connectivity index (χ0) is 50.8. The maximum Gasteiger partial charge on any atom is 0.220 e. The fourth-order valence-corrected chi connectivity index (χ4v) is 13.8. The van der Waals surface area contributed by atoms with Crippen molar-refractivity contribution in [2.75, 3.05) is 0 Å². The summed E-state index contributed by atoms with van der Waals surface area (Å²) in [5.74, 6) is 0. The van der Waals surface area contributed by atoms with Crippen LogP contribution in [0, 0.1) is 0 Å². The Hall–Kier alpha value is -0.832. The minimum absolute atomic E-state index is 0.0389. The van der Waals surface area contributed by atoms with Crippen molar-refractivity contribution in [2.45, 2.75) is 245 Å². The Bertz CT molecular complexity index is 1940. The molecule has 2 aliphatic heterocycles. The number of hydrogen-bond acceptors (Lipinski definition) is 10. The predicted octanol–water partition coefficient (Wildman–Crippen LogP) is 17.2. The summed E-state index contributed by atoms with van der Waals surface area (Å²) in [6, 6.07) is 18.4. The van der Waals surface area contributed by atoms with Crippen molar-refractivity contribution in [3.63, 3.8) is 0 Å². The van der Waals surface area contributed by atoms with Crippen molar-refractivity contribution in [2.24, 2.45) is 0 Å². The van der Waals surface area contributed by atoms with E-state index < -0.39 is 33.3 Å². The summed E-state index contributed by atoms with van der Waals surface area (Å²) >= 11 is 3.70. The predicted molar refractivity (Wildman–Crippen MR) is 295 cm³/mol. The van der Waals surface area contributed by atoms with Crippen LogP contribution in [-0.2, 0) is 18.1 Å².